The summed E-state index contributed by atoms with van der Waals surface area (Å²) in [6.07, 6.45) is 4.35. The summed E-state index contributed by atoms with van der Waals surface area (Å²) >= 11 is 1.06. The predicted octanol–water partition coefficient (Wildman–Crippen LogP) is 5.87. The Morgan fingerprint density at radius 2 is 1.28 bits per heavy atom. The predicted molar refractivity (Wildman–Crippen MR) is 454 cm³/mol. The number of hydrazine groups is 1. The fourth-order valence-corrected chi connectivity index (χ4v) is 15.8. The number of carboxylic acid groups (broad SMARTS) is 5. The molecule has 3 aromatic rings. The molecule has 0 bridgehead atoms. The monoisotopic (exact) mass is 1790 g/mol. The number of unbranched alkanes of at least 4 members (excludes halogenated alkanes) is 5. The minimum absolute atomic E-state index is 0.00999. The summed E-state index contributed by atoms with van der Waals surface area (Å²) in [5.74, 6) is -15.1. The largest absolute Gasteiger partial charge is 0.508 e. The SMILES string of the molecule is CCCCCCCOCN(C(=O)C(NC(=O)C1CCCCN1C)C(C)CC)[C@H](C[C@@H](OC(C)=O)c1nc(C(=O)N[C@@H](Cc2ccc(O)cc2)C[C@H](C)C(=O)NNC(=O)OCCSSC[C@H](NC(=O)[C@H](CC(=O)O)NC(=O)C(CC(=O)O)NC(=O)Cc2ccc(CNC(=O)NCCCC[C@@H](C)NC(=O)N[C@@H](CCC(=O)O)C(=O)O)cc2)C(=O)O)cs1)C(C)C. The van der Waals surface area contributed by atoms with Gasteiger partial charge in [0.1, 0.15) is 60.0 Å². The maximum Gasteiger partial charge on any atom is 0.426 e. The average molecular weight is 1790 g/mol. The highest BCUT2D eigenvalue weighted by Gasteiger charge is 2.40. The molecule has 123 heavy (non-hydrogen) atoms. The van der Waals surface area contributed by atoms with Crippen molar-refractivity contribution in [2.75, 3.05) is 51.6 Å². The lowest BCUT2D eigenvalue weighted by molar-refractivity contribution is -0.153. The number of piperidine rings is 1. The van der Waals surface area contributed by atoms with Gasteiger partial charge >= 0.3 is 54.0 Å². The molecule has 0 saturated carbocycles. The number of carbonyl (C=O) groups excluding carboxylic acids is 11. The fourth-order valence-electron chi connectivity index (χ4n) is 13.0. The molecule has 17 N–H and O–H groups in total. The van der Waals surface area contributed by atoms with Gasteiger partial charge in [0.25, 0.3) is 5.91 Å². The summed E-state index contributed by atoms with van der Waals surface area (Å²) < 4.78 is 17.4. The van der Waals surface area contributed by atoms with Crippen molar-refractivity contribution in [2.45, 2.75) is 251 Å². The first kappa shape index (κ1) is 105. The van der Waals surface area contributed by atoms with Crippen LogP contribution in [-0.4, -0.2) is 247 Å². The van der Waals surface area contributed by atoms with Gasteiger partial charge in [-0.3, -0.25) is 63.1 Å². The summed E-state index contributed by atoms with van der Waals surface area (Å²) in [6.45, 7) is 15.4. The molecule has 1 aromatic heterocycles. The molecule has 1 aliphatic heterocycles. The summed E-state index contributed by atoms with van der Waals surface area (Å²) in [5.41, 5.74) is 6.07. The lowest BCUT2D eigenvalue weighted by Gasteiger charge is -2.40. The zero-order chi connectivity index (χ0) is 91.3. The molecule has 0 aliphatic carbocycles. The van der Waals surface area contributed by atoms with Crippen LogP contribution in [0.2, 0.25) is 0 Å². The molecule has 4 rings (SSSR count). The van der Waals surface area contributed by atoms with Crippen LogP contribution in [0.5, 0.6) is 5.75 Å². The van der Waals surface area contributed by atoms with Crippen molar-refractivity contribution in [2.24, 2.45) is 17.8 Å². The van der Waals surface area contributed by atoms with Crippen LogP contribution in [0.15, 0.2) is 53.9 Å². The van der Waals surface area contributed by atoms with E-state index in [1.54, 1.807) is 43.0 Å². The number of benzene rings is 2. The highest BCUT2D eigenvalue weighted by Crippen LogP contribution is 2.33. The molecule has 1 fully saturated rings. The number of carbonyl (C=O) groups is 16. The number of aromatic nitrogens is 1. The number of esters is 1. The minimum atomic E-state index is -1.97. The van der Waals surface area contributed by atoms with Gasteiger partial charge < -0.3 is 97.6 Å². The number of aliphatic carboxylic acids is 5. The number of carboxylic acids is 5. The number of thiazole rings is 1. The van der Waals surface area contributed by atoms with Gasteiger partial charge in [-0.1, -0.05) is 138 Å². The number of nitrogens with zero attached hydrogens (tertiary/aromatic N) is 3. The topological polar surface area (TPSA) is 574 Å². The molecule has 2 heterocycles. The van der Waals surface area contributed by atoms with Crippen molar-refractivity contribution in [1.82, 2.24) is 73.5 Å². The summed E-state index contributed by atoms with van der Waals surface area (Å²) in [7, 11) is 3.79. The zero-order valence-corrected chi connectivity index (χ0v) is 73.5. The Bertz CT molecular complexity index is 3960. The Morgan fingerprint density at radius 3 is 1.90 bits per heavy atom. The normalized spacial score (nSPS) is 15.3. The quantitative estimate of drug-likeness (QED) is 0.0103. The number of rotatable bonds is 57. The van der Waals surface area contributed by atoms with E-state index in [1.165, 1.54) is 36.6 Å². The van der Waals surface area contributed by atoms with E-state index in [9.17, 15) is 97.5 Å². The standard InChI is InChI=1S/C81H122N14O25S3/c1-10-12-13-14-19-34-118-46-95(76(110)69(48(5)11-2)91-74(109)62-21-16-18-33-94(62)9)63(47(3)4)42-64(120-51(8)96)75-89-60(44-121-75)73(108)85-55(38-52-26-28-56(97)29-27-52)37-49(6)70(105)92-93-81(117)119-35-36-122-123-45-61(78(113)114)88-72(107)59(41-68(103)104)87-71(106)58(40-67(101)102)86-65(98)39-53-22-24-54(25-23-53)43-83-79(115)82-32-17-15-20-50(7)84-80(116)90-57(77(111)112)30-31-66(99)100/h22-29,44,47-50,55,57-59,61-64,69,97H,10-21,30-43,45-46H2,1-9H3,(H,85,108)(H,86,98)(H,87,106)(H,88,107)(H,91,109)(H,92,105)(H,93,117)(H,99,100)(H,101,102)(H,103,104)(H,111,112)(H,113,114)(H2,82,83,115)(H2,84,90,116)/t48?,49-,50+,55+,57-,58?,59-,61-,62?,63+,64+,69?/m0/s1. The Morgan fingerprint density at radius 1 is 0.642 bits per heavy atom. The van der Waals surface area contributed by atoms with Crippen LogP contribution in [0, 0.1) is 17.8 Å². The molecular weight excluding hydrogens is 1670 g/mol. The van der Waals surface area contributed by atoms with E-state index in [4.69, 9.17) is 19.3 Å². The Labute approximate surface area is 726 Å². The first-order valence-corrected chi connectivity index (χ1v) is 44.5. The van der Waals surface area contributed by atoms with E-state index in [-0.39, 0.29) is 110 Å². The number of nitrogens with one attached hydrogen (secondary N) is 11. The lowest BCUT2D eigenvalue weighted by Crippen LogP contribution is -2.59. The maximum atomic E-state index is 15.2. The van der Waals surface area contributed by atoms with E-state index in [2.05, 4.69) is 70.6 Å². The molecular formula is C81H122N14O25S3. The van der Waals surface area contributed by atoms with Crippen LogP contribution >= 0.6 is 32.9 Å². The second-order valence-corrected chi connectivity index (χ2v) is 34.1. The van der Waals surface area contributed by atoms with Crippen molar-refractivity contribution in [3.63, 3.8) is 0 Å². The second-order valence-electron chi connectivity index (χ2n) is 30.6. The van der Waals surface area contributed by atoms with Crippen LogP contribution < -0.4 is 58.7 Å². The minimum Gasteiger partial charge on any atom is -0.508 e. The molecule has 12 amide bonds. The van der Waals surface area contributed by atoms with Gasteiger partial charge in [-0.2, -0.15) is 0 Å². The average Bonchev–Trinajstić information content (AvgIpc) is 1.67. The third kappa shape index (κ3) is 41.0. The highest BCUT2D eigenvalue weighted by atomic mass is 33.1. The fraction of sp³-hybridized carbons (Fsp3) is 0.617. The molecule has 2 aromatic carbocycles. The first-order valence-electron chi connectivity index (χ1n) is 41.1. The van der Waals surface area contributed by atoms with E-state index in [0.717, 1.165) is 84.4 Å². The number of ether oxygens (including phenoxy) is 3. The number of likely N-dealkylation sites (N-methyl/N-ethyl adjacent to an activating group) is 1. The molecule has 4 unspecified atom stereocenters. The van der Waals surface area contributed by atoms with Gasteiger partial charge in [-0.15, -0.1) is 11.3 Å². The van der Waals surface area contributed by atoms with Crippen molar-refractivity contribution < 1.29 is 122 Å². The molecule has 42 heteroatoms. The first-order chi connectivity index (χ1) is 58.4. The number of hydrogen-bond acceptors (Lipinski definition) is 25. The van der Waals surface area contributed by atoms with Crippen LogP contribution in [0.25, 0.3) is 0 Å². The molecule has 1 aliphatic rings. The van der Waals surface area contributed by atoms with Gasteiger partial charge in [0, 0.05) is 80.4 Å². The number of urea groups is 2. The number of aromatic hydroxyl groups is 1. The third-order valence-corrected chi connectivity index (χ3v) is 23.4. The summed E-state index contributed by atoms with van der Waals surface area (Å²) in [5, 5.41) is 82.0. The van der Waals surface area contributed by atoms with Crippen molar-refractivity contribution in [1.29, 1.82) is 0 Å². The molecule has 0 radical (unpaired) electrons. The number of phenolic OH excluding ortho intramolecular Hbond substituents is 1. The van der Waals surface area contributed by atoms with Crippen LogP contribution in [0.4, 0.5) is 14.4 Å². The van der Waals surface area contributed by atoms with Gasteiger partial charge in [-0.25, -0.2) is 34.4 Å². The maximum absolute atomic E-state index is 15.2. The number of hydrogen-bond donors (Lipinski definition) is 17. The third-order valence-electron chi connectivity index (χ3n) is 20.0. The Kier molecular flexibility index (Phi) is 47.9. The zero-order valence-electron chi connectivity index (χ0n) is 71.0. The van der Waals surface area contributed by atoms with E-state index in [1.807, 2.05) is 39.6 Å². The van der Waals surface area contributed by atoms with Gasteiger partial charge in [-0.05, 0) is 119 Å². The Balaban J connectivity index is 1.29. The van der Waals surface area contributed by atoms with Gasteiger partial charge in [0.15, 0.2) is 6.10 Å². The summed E-state index contributed by atoms with van der Waals surface area (Å²) in [6, 6.07) is 1.16. The Hall–Kier alpha value is -10.6. The number of phenols is 1. The number of likely N-dealkylation sites (tertiary alicyclic amines) is 1. The van der Waals surface area contributed by atoms with Crippen molar-refractivity contribution in [3.8, 4) is 5.75 Å². The smallest absolute Gasteiger partial charge is 0.426 e. The molecule has 1 saturated heterocycles. The van der Waals surface area contributed by atoms with Crippen LogP contribution in [0.3, 0.4) is 0 Å². The summed E-state index contributed by atoms with van der Waals surface area (Å²) in [4.78, 5) is 214. The van der Waals surface area contributed by atoms with Crippen molar-refractivity contribution in [3.05, 3.63) is 81.3 Å². The highest BCUT2D eigenvalue weighted by molar-refractivity contribution is 8.76. The van der Waals surface area contributed by atoms with Gasteiger partial charge in [0.2, 0.25) is 35.4 Å². The van der Waals surface area contributed by atoms with Crippen LogP contribution in [0.1, 0.15) is 209 Å². The van der Waals surface area contributed by atoms with Gasteiger partial charge in [0.05, 0.1) is 25.3 Å². The van der Waals surface area contributed by atoms with E-state index in [0.29, 0.717) is 55.4 Å². The van der Waals surface area contributed by atoms with E-state index < -0.39 is 170 Å². The van der Waals surface area contributed by atoms with Crippen molar-refractivity contribution >= 4 is 128 Å². The molecule has 12 atom stereocenters. The lowest BCUT2D eigenvalue weighted by atomic mass is 9.92. The van der Waals surface area contributed by atoms with Crippen LogP contribution in [-0.2, 0) is 91.1 Å². The molecule has 0 spiro atoms. The number of amides is 12. The second kappa shape index (κ2) is 56.2. The van der Waals surface area contributed by atoms with E-state index >= 15 is 4.79 Å². The molecule has 39 nitrogen and oxygen atoms in total. The molecule has 684 valence electrons.